The average molecular weight is 293 g/mol. The molecule has 2 aromatic rings. The van der Waals surface area contributed by atoms with Gasteiger partial charge in [0, 0.05) is 30.7 Å². The molecule has 0 aliphatic carbocycles. The van der Waals surface area contributed by atoms with Crippen molar-refractivity contribution in [2.45, 2.75) is 25.4 Å². The fraction of sp³-hybridized carbons (Fsp3) is 0.400. The first-order valence-electron chi connectivity index (χ1n) is 6.88. The zero-order valence-corrected chi connectivity index (χ0v) is 12.3. The van der Waals surface area contributed by atoms with E-state index in [2.05, 4.69) is 38.7 Å². The number of para-hydroxylation sites is 1. The van der Waals surface area contributed by atoms with E-state index in [0.717, 1.165) is 37.6 Å². The molecule has 1 aromatic carbocycles. The Morgan fingerprint density at radius 1 is 1.25 bits per heavy atom. The van der Waals surface area contributed by atoms with Crippen molar-refractivity contribution >= 4 is 12.4 Å². The van der Waals surface area contributed by atoms with Gasteiger partial charge in [0.25, 0.3) is 0 Å². The van der Waals surface area contributed by atoms with E-state index in [0.29, 0.717) is 6.04 Å². The molecule has 1 aromatic heterocycles. The third-order valence-electron chi connectivity index (χ3n) is 3.66. The van der Waals surface area contributed by atoms with Gasteiger partial charge in [0.15, 0.2) is 0 Å². The number of nitrogens with zero attached hydrogens (tertiary/aromatic N) is 3. The van der Waals surface area contributed by atoms with Gasteiger partial charge in [-0.1, -0.05) is 18.2 Å². The molecule has 0 radical (unpaired) electrons. The lowest BCUT2D eigenvalue weighted by atomic mass is 10.1. The molecule has 0 amide bonds. The molecule has 1 unspecified atom stereocenters. The Kier molecular flexibility index (Phi) is 5.17. The van der Waals surface area contributed by atoms with Crippen molar-refractivity contribution in [3.8, 4) is 5.69 Å². The lowest BCUT2D eigenvalue weighted by molar-refractivity contribution is 0.196. The lowest BCUT2D eigenvalue weighted by Crippen LogP contribution is -2.42. The van der Waals surface area contributed by atoms with Crippen LogP contribution >= 0.6 is 12.4 Å². The van der Waals surface area contributed by atoms with Gasteiger partial charge in [-0.25, -0.2) is 4.98 Å². The summed E-state index contributed by atoms with van der Waals surface area (Å²) < 4.78 is 2.15. The minimum absolute atomic E-state index is 0. The van der Waals surface area contributed by atoms with Crippen LogP contribution in [0.3, 0.4) is 0 Å². The van der Waals surface area contributed by atoms with Gasteiger partial charge in [0.1, 0.15) is 5.82 Å². The summed E-state index contributed by atoms with van der Waals surface area (Å²) in [6, 6.07) is 10.7. The highest BCUT2D eigenvalue weighted by Crippen LogP contribution is 2.15. The minimum Gasteiger partial charge on any atom is -0.327 e. The highest BCUT2D eigenvalue weighted by Gasteiger charge is 2.18. The minimum atomic E-state index is 0. The Balaban J connectivity index is 0.00000147. The number of hydrogen-bond donors (Lipinski definition) is 1. The highest BCUT2D eigenvalue weighted by atomic mass is 35.5. The van der Waals surface area contributed by atoms with Gasteiger partial charge < -0.3 is 10.3 Å². The summed E-state index contributed by atoms with van der Waals surface area (Å²) in [5, 5.41) is 0. The molecule has 1 fully saturated rings. The summed E-state index contributed by atoms with van der Waals surface area (Å²) in [7, 11) is 0. The highest BCUT2D eigenvalue weighted by molar-refractivity contribution is 5.85. The zero-order valence-electron chi connectivity index (χ0n) is 11.5. The zero-order chi connectivity index (χ0) is 13.1. The van der Waals surface area contributed by atoms with E-state index in [-0.39, 0.29) is 12.4 Å². The van der Waals surface area contributed by atoms with Crippen molar-refractivity contribution in [2.75, 3.05) is 13.1 Å². The van der Waals surface area contributed by atoms with Gasteiger partial charge >= 0.3 is 0 Å². The second kappa shape index (κ2) is 6.88. The summed E-state index contributed by atoms with van der Waals surface area (Å²) in [4.78, 5) is 6.89. The molecule has 2 heterocycles. The molecule has 0 spiro atoms. The van der Waals surface area contributed by atoms with Crippen LogP contribution in [0.25, 0.3) is 5.69 Å². The lowest BCUT2D eigenvalue weighted by Gasteiger charge is -2.30. The maximum Gasteiger partial charge on any atom is 0.127 e. The number of benzene rings is 1. The summed E-state index contributed by atoms with van der Waals surface area (Å²) in [5.41, 5.74) is 7.20. The van der Waals surface area contributed by atoms with Crippen LogP contribution in [0.5, 0.6) is 0 Å². The van der Waals surface area contributed by atoms with Gasteiger partial charge in [-0.2, -0.15) is 0 Å². The van der Waals surface area contributed by atoms with Crippen LogP contribution in [0.2, 0.25) is 0 Å². The largest absolute Gasteiger partial charge is 0.327 e. The molecule has 1 saturated heterocycles. The number of aromatic nitrogens is 2. The van der Waals surface area contributed by atoms with Gasteiger partial charge in [-0.15, -0.1) is 12.4 Å². The summed E-state index contributed by atoms with van der Waals surface area (Å²) in [6.45, 7) is 2.96. The number of hydrogen-bond acceptors (Lipinski definition) is 3. The van der Waals surface area contributed by atoms with Crippen LogP contribution in [0, 0.1) is 0 Å². The van der Waals surface area contributed by atoms with Gasteiger partial charge in [0.05, 0.1) is 6.54 Å². The van der Waals surface area contributed by atoms with E-state index >= 15 is 0 Å². The Labute approximate surface area is 126 Å². The normalized spacial score (nSPS) is 19.6. The van der Waals surface area contributed by atoms with Crippen LogP contribution in [0.1, 0.15) is 18.7 Å². The van der Waals surface area contributed by atoms with Crippen LogP contribution in [0.15, 0.2) is 42.7 Å². The van der Waals surface area contributed by atoms with Gasteiger partial charge in [0.2, 0.25) is 0 Å². The Morgan fingerprint density at radius 3 is 2.80 bits per heavy atom. The molecule has 1 aliphatic rings. The van der Waals surface area contributed by atoms with E-state index in [1.165, 1.54) is 6.42 Å². The fourth-order valence-electron chi connectivity index (χ4n) is 2.71. The smallest absolute Gasteiger partial charge is 0.127 e. The van der Waals surface area contributed by atoms with Gasteiger partial charge in [-0.05, 0) is 31.5 Å². The number of halogens is 1. The maximum atomic E-state index is 6.03. The third-order valence-corrected chi connectivity index (χ3v) is 3.66. The Hall–Kier alpha value is -1.36. The van der Waals surface area contributed by atoms with Crippen LogP contribution in [-0.2, 0) is 6.54 Å². The SMILES string of the molecule is Cl.NC1CCCN(Cc2nccn2-c2ccccc2)C1. The average Bonchev–Trinajstić information content (AvgIpc) is 2.88. The van der Waals surface area contributed by atoms with Gasteiger partial charge in [-0.3, -0.25) is 4.90 Å². The summed E-state index contributed by atoms with van der Waals surface area (Å²) in [5.74, 6) is 1.08. The molecular weight excluding hydrogens is 272 g/mol. The first-order valence-corrected chi connectivity index (χ1v) is 6.88. The fourth-order valence-corrected chi connectivity index (χ4v) is 2.71. The van der Waals surface area contributed by atoms with E-state index < -0.39 is 0 Å². The van der Waals surface area contributed by atoms with Crippen LogP contribution in [0.4, 0.5) is 0 Å². The van der Waals surface area contributed by atoms with E-state index in [4.69, 9.17) is 5.73 Å². The monoisotopic (exact) mass is 292 g/mol. The van der Waals surface area contributed by atoms with Crippen LogP contribution in [-0.4, -0.2) is 33.6 Å². The predicted octanol–water partition coefficient (Wildman–Crippen LogP) is 2.22. The van der Waals surface area contributed by atoms with Crippen molar-refractivity contribution in [3.05, 3.63) is 48.5 Å². The molecular formula is C15H21ClN4. The molecule has 5 heteroatoms. The molecule has 0 saturated carbocycles. The quantitative estimate of drug-likeness (QED) is 0.943. The number of nitrogens with two attached hydrogens (primary N) is 1. The number of imidazole rings is 1. The molecule has 1 atom stereocenters. The molecule has 2 N–H and O–H groups in total. The second-order valence-corrected chi connectivity index (χ2v) is 5.19. The summed E-state index contributed by atoms with van der Waals surface area (Å²) in [6.07, 6.45) is 6.22. The van der Waals surface area contributed by atoms with Crippen molar-refractivity contribution in [1.29, 1.82) is 0 Å². The van der Waals surface area contributed by atoms with Crippen molar-refractivity contribution < 1.29 is 0 Å². The summed E-state index contributed by atoms with van der Waals surface area (Å²) >= 11 is 0. The Bertz CT molecular complexity index is 526. The second-order valence-electron chi connectivity index (χ2n) is 5.19. The molecule has 0 bridgehead atoms. The first kappa shape index (κ1) is 15.0. The first-order chi connectivity index (χ1) is 9.33. The topological polar surface area (TPSA) is 47.1 Å². The van der Waals surface area contributed by atoms with Crippen molar-refractivity contribution in [1.82, 2.24) is 14.5 Å². The van der Waals surface area contributed by atoms with E-state index in [1.807, 2.05) is 18.5 Å². The molecule has 20 heavy (non-hydrogen) atoms. The molecule has 4 nitrogen and oxygen atoms in total. The third kappa shape index (κ3) is 3.39. The molecule has 1 aliphatic heterocycles. The van der Waals surface area contributed by atoms with Crippen LogP contribution < -0.4 is 5.73 Å². The molecule has 3 rings (SSSR count). The molecule has 108 valence electrons. The maximum absolute atomic E-state index is 6.03. The predicted molar refractivity (Wildman–Crippen MR) is 83.3 cm³/mol. The Morgan fingerprint density at radius 2 is 2.05 bits per heavy atom. The van der Waals surface area contributed by atoms with E-state index in [1.54, 1.807) is 0 Å². The van der Waals surface area contributed by atoms with Crippen molar-refractivity contribution in [3.63, 3.8) is 0 Å². The number of likely N-dealkylation sites (tertiary alicyclic amines) is 1. The van der Waals surface area contributed by atoms with E-state index in [9.17, 15) is 0 Å². The standard InChI is InChI=1S/C15H20N4.ClH/c16-13-5-4-9-18(11-13)12-15-17-8-10-19(15)14-6-2-1-3-7-14;/h1-3,6-8,10,13H,4-5,9,11-12,16H2;1H. The number of piperidine rings is 1. The number of rotatable bonds is 3. The van der Waals surface area contributed by atoms with Crippen molar-refractivity contribution in [2.24, 2.45) is 5.73 Å².